The van der Waals surface area contributed by atoms with Crippen LogP contribution in [0.4, 0.5) is 5.69 Å². The Labute approximate surface area is 176 Å². The molecule has 0 fully saturated rings. The van der Waals surface area contributed by atoms with E-state index in [1.165, 1.54) is 23.9 Å². The van der Waals surface area contributed by atoms with Gasteiger partial charge in [-0.3, -0.25) is 4.99 Å². The molecule has 2 aromatic carbocycles. The summed E-state index contributed by atoms with van der Waals surface area (Å²) in [6.45, 7) is 8.52. The normalized spacial score (nSPS) is 11.2. The van der Waals surface area contributed by atoms with Gasteiger partial charge in [-0.1, -0.05) is 36.7 Å². The van der Waals surface area contributed by atoms with Gasteiger partial charge >= 0.3 is 5.97 Å². The van der Waals surface area contributed by atoms with E-state index in [9.17, 15) is 4.79 Å². The number of rotatable bonds is 5. The highest BCUT2D eigenvalue weighted by molar-refractivity contribution is 6.33. The second kappa shape index (κ2) is 8.66. The molecule has 0 bridgehead atoms. The molecule has 1 aromatic heterocycles. The summed E-state index contributed by atoms with van der Waals surface area (Å²) < 4.78 is 7.07. The van der Waals surface area contributed by atoms with Crippen LogP contribution in [-0.4, -0.2) is 23.9 Å². The fourth-order valence-electron chi connectivity index (χ4n) is 3.59. The van der Waals surface area contributed by atoms with Gasteiger partial charge in [-0.2, -0.15) is 0 Å². The summed E-state index contributed by atoms with van der Waals surface area (Å²) in [5.74, 6) is -0.475. The number of halogens is 1. The van der Waals surface area contributed by atoms with Gasteiger partial charge in [0, 0.05) is 23.2 Å². The number of aryl methyl sites for hydroxylation is 3. The standard InChI is InChI=1S/C24H25ClN2O2/c1-6-18-9-7-8-15(2)23(18)27-16(3)12-19(17(27)4)14-26-20-10-11-22(25)21(13-20)24(28)29-5/h7-14H,6H2,1-5H3. The number of aromatic nitrogens is 1. The Kier molecular flexibility index (Phi) is 6.23. The number of hydrogen-bond acceptors (Lipinski definition) is 3. The minimum atomic E-state index is -0.475. The van der Waals surface area contributed by atoms with E-state index in [1.807, 2.05) is 6.21 Å². The fraction of sp³-hybridized carbons (Fsp3) is 0.250. The molecular weight excluding hydrogens is 384 g/mol. The van der Waals surface area contributed by atoms with Gasteiger partial charge in [0.15, 0.2) is 0 Å². The molecular formula is C24H25ClN2O2. The first-order valence-corrected chi connectivity index (χ1v) is 9.94. The monoisotopic (exact) mass is 408 g/mol. The van der Waals surface area contributed by atoms with Crippen molar-refractivity contribution < 1.29 is 9.53 Å². The van der Waals surface area contributed by atoms with Crippen molar-refractivity contribution >= 4 is 29.5 Å². The van der Waals surface area contributed by atoms with Gasteiger partial charge in [-0.15, -0.1) is 0 Å². The zero-order chi connectivity index (χ0) is 21.1. The van der Waals surface area contributed by atoms with Crippen molar-refractivity contribution in [2.45, 2.75) is 34.1 Å². The Balaban J connectivity index is 2.02. The van der Waals surface area contributed by atoms with Crippen LogP contribution in [0.15, 0.2) is 47.5 Å². The van der Waals surface area contributed by atoms with Gasteiger partial charge in [0.2, 0.25) is 0 Å². The van der Waals surface area contributed by atoms with Crippen LogP contribution in [0.25, 0.3) is 5.69 Å². The Morgan fingerprint density at radius 2 is 1.93 bits per heavy atom. The third kappa shape index (κ3) is 4.13. The van der Waals surface area contributed by atoms with Gasteiger partial charge in [0.25, 0.3) is 0 Å². The molecule has 0 radical (unpaired) electrons. The van der Waals surface area contributed by atoms with E-state index in [0.29, 0.717) is 16.3 Å². The summed E-state index contributed by atoms with van der Waals surface area (Å²) in [4.78, 5) is 16.4. The lowest BCUT2D eigenvalue weighted by Gasteiger charge is -2.17. The molecule has 0 unspecified atom stereocenters. The topological polar surface area (TPSA) is 43.6 Å². The van der Waals surface area contributed by atoms with E-state index < -0.39 is 5.97 Å². The van der Waals surface area contributed by atoms with E-state index in [4.69, 9.17) is 16.3 Å². The molecule has 3 rings (SSSR count). The molecule has 0 aliphatic rings. The van der Waals surface area contributed by atoms with Gasteiger partial charge < -0.3 is 9.30 Å². The van der Waals surface area contributed by atoms with Crippen LogP contribution >= 0.6 is 11.6 Å². The highest BCUT2D eigenvalue weighted by Crippen LogP contribution is 2.27. The number of hydrogen-bond donors (Lipinski definition) is 0. The second-order valence-electron chi connectivity index (χ2n) is 7.01. The van der Waals surface area contributed by atoms with Crippen molar-refractivity contribution in [3.63, 3.8) is 0 Å². The van der Waals surface area contributed by atoms with Crippen LogP contribution in [0.1, 0.15) is 45.4 Å². The van der Waals surface area contributed by atoms with Gasteiger partial charge in [-0.25, -0.2) is 4.79 Å². The lowest BCUT2D eigenvalue weighted by Crippen LogP contribution is -2.05. The quantitative estimate of drug-likeness (QED) is 0.375. The number of carbonyl (C=O) groups is 1. The fourth-order valence-corrected chi connectivity index (χ4v) is 3.79. The van der Waals surface area contributed by atoms with E-state index in [2.05, 4.69) is 61.5 Å². The minimum absolute atomic E-state index is 0.307. The number of para-hydroxylation sites is 1. The maximum absolute atomic E-state index is 11.9. The molecule has 0 aliphatic carbocycles. The molecule has 0 spiro atoms. The highest BCUT2D eigenvalue weighted by atomic mass is 35.5. The van der Waals surface area contributed by atoms with Crippen molar-refractivity contribution in [1.29, 1.82) is 0 Å². The maximum atomic E-state index is 11.9. The summed E-state index contributed by atoms with van der Waals surface area (Å²) in [6, 6.07) is 13.6. The molecule has 5 heteroatoms. The first-order chi connectivity index (χ1) is 13.9. The molecule has 0 saturated heterocycles. The number of nitrogens with zero attached hydrogens (tertiary/aromatic N) is 2. The van der Waals surface area contributed by atoms with Crippen LogP contribution in [-0.2, 0) is 11.2 Å². The van der Waals surface area contributed by atoms with Crippen molar-refractivity contribution in [2.24, 2.45) is 4.99 Å². The third-order valence-corrected chi connectivity index (χ3v) is 5.43. The molecule has 4 nitrogen and oxygen atoms in total. The Hall–Kier alpha value is -2.85. The van der Waals surface area contributed by atoms with Gasteiger partial charge in [-0.05, 0) is 62.6 Å². The smallest absolute Gasteiger partial charge is 0.339 e. The minimum Gasteiger partial charge on any atom is -0.465 e. The molecule has 0 saturated carbocycles. The Bertz CT molecular complexity index is 1100. The van der Waals surface area contributed by atoms with Crippen LogP contribution in [0.5, 0.6) is 0 Å². The lowest BCUT2D eigenvalue weighted by atomic mass is 10.1. The molecule has 1 heterocycles. The molecule has 29 heavy (non-hydrogen) atoms. The van der Waals surface area contributed by atoms with Crippen LogP contribution in [0, 0.1) is 20.8 Å². The average Bonchev–Trinajstić information content (AvgIpc) is 2.99. The predicted molar refractivity (Wildman–Crippen MR) is 119 cm³/mol. The molecule has 3 aromatic rings. The first-order valence-electron chi connectivity index (χ1n) is 9.57. The summed E-state index contributed by atoms with van der Waals surface area (Å²) >= 11 is 6.09. The van der Waals surface area contributed by atoms with Crippen LogP contribution in [0.3, 0.4) is 0 Å². The third-order valence-electron chi connectivity index (χ3n) is 5.10. The zero-order valence-corrected chi connectivity index (χ0v) is 18.2. The Morgan fingerprint density at radius 1 is 1.17 bits per heavy atom. The second-order valence-corrected chi connectivity index (χ2v) is 7.42. The van der Waals surface area contributed by atoms with E-state index in [-0.39, 0.29) is 0 Å². The predicted octanol–water partition coefficient (Wildman–Crippen LogP) is 6.16. The summed E-state index contributed by atoms with van der Waals surface area (Å²) in [7, 11) is 1.33. The number of esters is 1. The van der Waals surface area contributed by atoms with E-state index in [0.717, 1.165) is 23.4 Å². The molecule has 0 atom stereocenters. The van der Waals surface area contributed by atoms with Crippen molar-refractivity contribution in [3.05, 3.63) is 81.1 Å². The van der Waals surface area contributed by atoms with E-state index in [1.54, 1.807) is 18.2 Å². The zero-order valence-electron chi connectivity index (χ0n) is 17.4. The van der Waals surface area contributed by atoms with Crippen molar-refractivity contribution in [3.8, 4) is 5.69 Å². The molecule has 0 amide bonds. The number of aliphatic imine (C=N–C) groups is 1. The summed E-state index contributed by atoms with van der Waals surface area (Å²) in [5, 5.41) is 0.348. The summed E-state index contributed by atoms with van der Waals surface area (Å²) in [6.07, 6.45) is 2.80. The summed E-state index contributed by atoms with van der Waals surface area (Å²) in [5.41, 5.74) is 8.06. The number of ether oxygens (including phenoxy) is 1. The number of carbonyl (C=O) groups excluding carboxylic acids is 1. The average molecular weight is 409 g/mol. The highest BCUT2D eigenvalue weighted by Gasteiger charge is 2.15. The van der Waals surface area contributed by atoms with Gasteiger partial charge in [0.05, 0.1) is 29.1 Å². The Morgan fingerprint density at radius 3 is 2.62 bits per heavy atom. The largest absolute Gasteiger partial charge is 0.465 e. The molecule has 0 aliphatic heterocycles. The first kappa shape index (κ1) is 20.9. The maximum Gasteiger partial charge on any atom is 0.339 e. The van der Waals surface area contributed by atoms with Crippen molar-refractivity contribution in [1.82, 2.24) is 4.57 Å². The molecule has 0 N–H and O–H groups in total. The van der Waals surface area contributed by atoms with Gasteiger partial charge in [0.1, 0.15) is 0 Å². The SMILES string of the molecule is CCc1cccc(C)c1-n1c(C)cc(C=Nc2ccc(Cl)c(C(=O)OC)c2)c1C. The number of methoxy groups -OCH3 is 1. The van der Waals surface area contributed by atoms with Crippen molar-refractivity contribution in [2.75, 3.05) is 7.11 Å². The van der Waals surface area contributed by atoms with E-state index >= 15 is 0 Å². The van der Waals surface area contributed by atoms with Crippen LogP contribution < -0.4 is 0 Å². The lowest BCUT2D eigenvalue weighted by molar-refractivity contribution is 0.0601. The molecule has 150 valence electrons. The number of benzene rings is 2. The van der Waals surface area contributed by atoms with Crippen LogP contribution in [0.2, 0.25) is 5.02 Å².